The number of nitrogens with one attached hydrogen (secondary N) is 1. The minimum atomic E-state index is -1.05. The number of methoxy groups -OCH3 is 2. The van der Waals surface area contributed by atoms with E-state index in [2.05, 4.69) is 15.3 Å². The summed E-state index contributed by atoms with van der Waals surface area (Å²) in [7, 11) is 3.05. The van der Waals surface area contributed by atoms with E-state index in [1.807, 2.05) is 0 Å². The molecule has 1 aromatic heterocycles. The molecular weight excluding hydrogens is 339 g/mol. The molecule has 0 fully saturated rings. The third kappa shape index (κ3) is 3.45. The molecule has 7 nitrogen and oxygen atoms in total. The number of hydrogen-bond acceptors (Lipinski definition) is 7. The van der Waals surface area contributed by atoms with Gasteiger partial charge in [-0.25, -0.2) is 9.37 Å². The number of hydrogen-bond donors (Lipinski definition) is 3. The fraction of sp³-hybridized carbons (Fsp3) is 0.222. The summed E-state index contributed by atoms with van der Waals surface area (Å²) in [5, 5.41) is 13.7. The highest BCUT2D eigenvalue weighted by Crippen LogP contribution is 2.33. The number of aliphatic hydroxyl groups is 1. The average molecular weight is 358 g/mol. The lowest BCUT2D eigenvalue weighted by Gasteiger charge is -2.14. The zero-order chi connectivity index (χ0) is 18.7. The van der Waals surface area contributed by atoms with Gasteiger partial charge in [-0.1, -0.05) is 18.2 Å². The van der Waals surface area contributed by atoms with Crippen LogP contribution in [0.2, 0.25) is 0 Å². The quantitative estimate of drug-likeness (QED) is 0.622. The van der Waals surface area contributed by atoms with Gasteiger partial charge in [-0.3, -0.25) is 0 Å². The third-order valence-corrected chi connectivity index (χ3v) is 3.95. The van der Waals surface area contributed by atoms with Crippen LogP contribution in [0.15, 0.2) is 36.4 Å². The number of rotatable bonds is 6. The predicted molar refractivity (Wildman–Crippen MR) is 96.9 cm³/mol. The topological polar surface area (TPSA) is 103 Å². The Morgan fingerprint density at radius 2 is 1.85 bits per heavy atom. The number of nitrogen functional groups attached to an aromatic ring is 1. The Morgan fingerprint density at radius 3 is 2.54 bits per heavy atom. The fourth-order valence-corrected chi connectivity index (χ4v) is 2.60. The van der Waals surface area contributed by atoms with E-state index in [9.17, 15) is 9.50 Å². The van der Waals surface area contributed by atoms with Crippen LogP contribution in [0.25, 0.3) is 10.9 Å². The number of aliphatic hydroxyl groups excluding tert-OH is 1. The summed E-state index contributed by atoms with van der Waals surface area (Å²) in [5.41, 5.74) is 6.75. The first-order valence-corrected chi connectivity index (χ1v) is 7.89. The zero-order valence-corrected chi connectivity index (χ0v) is 14.4. The van der Waals surface area contributed by atoms with Crippen LogP contribution >= 0.6 is 0 Å². The van der Waals surface area contributed by atoms with Crippen LogP contribution in [0.4, 0.5) is 16.2 Å². The van der Waals surface area contributed by atoms with Crippen molar-refractivity contribution in [2.24, 2.45) is 0 Å². The van der Waals surface area contributed by atoms with Crippen molar-refractivity contribution in [1.29, 1.82) is 0 Å². The summed E-state index contributed by atoms with van der Waals surface area (Å²) in [6.07, 6.45) is -1.05. The third-order valence-electron chi connectivity index (χ3n) is 3.95. The Kier molecular flexibility index (Phi) is 5.04. The second-order valence-electron chi connectivity index (χ2n) is 5.58. The van der Waals surface area contributed by atoms with Gasteiger partial charge in [-0.05, 0) is 12.1 Å². The number of nitrogens with two attached hydrogens (primary N) is 1. The van der Waals surface area contributed by atoms with Gasteiger partial charge < -0.3 is 25.6 Å². The molecule has 3 aromatic rings. The second kappa shape index (κ2) is 7.40. The first kappa shape index (κ1) is 17.7. The van der Waals surface area contributed by atoms with Crippen molar-refractivity contribution < 1.29 is 19.0 Å². The van der Waals surface area contributed by atoms with Crippen molar-refractivity contribution in [1.82, 2.24) is 9.97 Å². The highest BCUT2D eigenvalue weighted by Gasteiger charge is 2.14. The van der Waals surface area contributed by atoms with Crippen molar-refractivity contribution in [3.8, 4) is 11.5 Å². The Morgan fingerprint density at radius 1 is 1.15 bits per heavy atom. The molecule has 0 aliphatic rings. The van der Waals surface area contributed by atoms with E-state index >= 15 is 0 Å². The Bertz CT molecular complexity index is 936. The number of halogens is 1. The highest BCUT2D eigenvalue weighted by atomic mass is 19.1. The molecule has 1 unspecified atom stereocenters. The lowest BCUT2D eigenvalue weighted by atomic mass is 10.1. The first-order valence-electron chi connectivity index (χ1n) is 7.89. The normalized spacial score (nSPS) is 12.0. The summed E-state index contributed by atoms with van der Waals surface area (Å²) in [6, 6.07) is 9.42. The smallest absolute Gasteiger partial charge is 0.225 e. The molecule has 0 saturated heterocycles. The second-order valence-corrected chi connectivity index (χ2v) is 5.58. The highest BCUT2D eigenvalue weighted by molar-refractivity contribution is 5.91. The number of ether oxygens (including phenoxy) is 2. The summed E-state index contributed by atoms with van der Waals surface area (Å²) >= 11 is 0. The molecule has 0 bridgehead atoms. The Hall–Kier alpha value is -3.13. The van der Waals surface area contributed by atoms with Crippen molar-refractivity contribution in [3.63, 3.8) is 0 Å². The summed E-state index contributed by atoms with van der Waals surface area (Å²) in [6.45, 7) is 0.0270. The Labute approximate surface area is 149 Å². The number of nitrogens with zero attached hydrogens (tertiary/aromatic N) is 2. The molecule has 3 rings (SSSR count). The molecule has 0 aliphatic carbocycles. The maximum Gasteiger partial charge on any atom is 0.225 e. The molecule has 1 heterocycles. The van der Waals surface area contributed by atoms with E-state index in [0.29, 0.717) is 22.4 Å². The van der Waals surface area contributed by atoms with Crippen molar-refractivity contribution >= 4 is 22.7 Å². The van der Waals surface area contributed by atoms with Gasteiger partial charge in [0.15, 0.2) is 11.5 Å². The molecule has 0 saturated carbocycles. The predicted octanol–water partition coefficient (Wildman–Crippen LogP) is 2.51. The van der Waals surface area contributed by atoms with Gasteiger partial charge in [0.25, 0.3) is 0 Å². The van der Waals surface area contributed by atoms with Crippen LogP contribution < -0.4 is 20.5 Å². The number of aromatic nitrogens is 2. The van der Waals surface area contributed by atoms with Crippen LogP contribution in [0, 0.1) is 5.82 Å². The molecule has 0 aliphatic heterocycles. The van der Waals surface area contributed by atoms with Crippen LogP contribution in [-0.2, 0) is 0 Å². The lowest BCUT2D eigenvalue weighted by molar-refractivity contribution is 0.186. The van der Waals surface area contributed by atoms with Gasteiger partial charge in [0.2, 0.25) is 5.95 Å². The van der Waals surface area contributed by atoms with Gasteiger partial charge in [-0.15, -0.1) is 0 Å². The molecule has 136 valence electrons. The summed E-state index contributed by atoms with van der Waals surface area (Å²) in [5.74, 6) is 1.02. The van der Waals surface area contributed by atoms with E-state index in [4.69, 9.17) is 15.2 Å². The molecule has 26 heavy (non-hydrogen) atoms. The number of benzene rings is 2. The Balaban J connectivity index is 1.85. The van der Waals surface area contributed by atoms with Gasteiger partial charge >= 0.3 is 0 Å². The van der Waals surface area contributed by atoms with Gasteiger partial charge in [0, 0.05) is 23.6 Å². The molecule has 8 heteroatoms. The van der Waals surface area contributed by atoms with Crippen LogP contribution in [0.3, 0.4) is 0 Å². The number of anilines is 2. The van der Waals surface area contributed by atoms with E-state index < -0.39 is 11.9 Å². The van der Waals surface area contributed by atoms with E-state index in [1.54, 1.807) is 24.3 Å². The van der Waals surface area contributed by atoms with E-state index in [0.717, 1.165) is 0 Å². The molecule has 2 aromatic carbocycles. The van der Waals surface area contributed by atoms with E-state index in [1.165, 1.54) is 26.4 Å². The van der Waals surface area contributed by atoms with Crippen LogP contribution in [0.5, 0.6) is 11.5 Å². The van der Waals surface area contributed by atoms with E-state index in [-0.39, 0.29) is 23.9 Å². The molecule has 4 N–H and O–H groups in total. The average Bonchev–Trinajstić information content (AvgIpc) is 2.65. The molecule has 0 spiro atoms. The molecule has 1 atom stereocenters. The maximum atomic E-state index is 13.7. The van der Waals surface area contributed by atoms with Gasteiger partial charge in [-0.2, -0.15) is 4.98 Å². The molecular formula is C18H19FN4O3. The van der Waals surface area contributed by atoms with Gasteiger partial charge in [0.05, 0.1) is 25.8 Å². The van der Waals surface area contributed by atoms with Crippen molar-refractivity contribution in [2.45, 2.75) is 6.10 Å². The molecule has 0 radical (unpaired) electrons. The standard InChI is InChI=1S/C18H19FN4O3/c1-25-15-7-11-13(8-16(15)26-2)22-18(23-17(11)20)21-9-14(24)10-5-3-4-6-12(10)19/h3-8,14,24H,9H2,1-2H3,(H3,20,21,22,23). The summed E-state index contributed by atoms with van der Waals surface area (Å²) in [4.78, 5) is 8.54. The first-order chi connectivity index (χ1) is 12.5. The molecule has 0 amide bonds. The minimum absolute atomic E-state index is 0.0270. The monoisotopic (exact) mass is 358 g/mol. The fourth-order valence-electron chi connectivity index (χ4n) is 2.60. The minimum Gasteiger partial charge on any atom is -0.493 e. The number of fused-ring (bicyclic) bond motifs is 1. The largest absolute Gasteiger partial charge is 0.493 e. The van der Waals surface area contributed by atoms with Gasteiger partial charge in [0.1, 0.15) is 11.6 Å². The maximum absolute atomic E-state index is 13.7. The van der Waals surface area contributed by atoms with Crippen LogP contribution in [-0.4, -0.2) is 35.8 Å². The SMILES string of the molecule is COc1cc2nc(NCC(O)c3ccccc3F)nc(N)c2cc1OC. The lowest BCUT2D eigenvalue weighted by Crippen LogP contribution is -2.15. The van der Waals surface area contributed by atoms with Crippen molar-refractivity contribution in [3.05, 3.63) is 47.8 Å². The zero-order valence-electron chi connectivity index (χ0n) is 14.4. The van der Waals surface area contributed by atoms with Crippen LogP contribution in [0.1, 0.15) is 11.7 Å². The van der Waals surface area contributed by atoms with Crippen molar-refractivity contribution in [2.75, 3.05) is 31.8 Å². The summed E-state index contributed by atoms with van der Waals surface area (Å²) < 4.78 is 24.2.